The molecule has 8 heteroatoms. The SMILES string of the molecule is CCCCCCCCC(CCCCCCOCC(COP(=O)([O-])OCC[N+](C)(C)C)OC)c1ccccc1. The minimum Gasteiger partial charge on any atom is -0.756 e. The second-order valence-corrected chi connectivity index (χ2v) is 12.8. The fourth-order valence-electron chi connectivity index (χ4n) is 4.36. The molecule has 0 saturated heterocycles. The van der Waals surface area contributed by atoms with Crippen LogP contribution in [0.3, 0.4) is 0 Å². The number of ether oxygens (including phenoxy) is 2. The van der Waals surface area contributed by atoms with Crippen molar-refractivity contribution in [2.75, 3.05) is 61.2 Å². The third-order valence-corrected chi connectivity index (χ3v) is 7.80. The van der Waals surface area contributed by atoms with Crippen LogP contribution in [-0.2, 0) is 23.1 Å². The number of hydrogen-bond donors (Lipinski definition) is 0. The van der Waals surface area contributed by atoms with Gasteiger partial charge in [0.05, 0.1) is 34.4 Å². The van der Waals surface area contributed by atoms with Gasteiger partial charge in [-0.25, -0.2) is 0 Å². The average molecular weight is 558 g/mol. The summed E-state index contributed by atoms with van der Waals surface area (Å²) in [4.78, 5) is 11.9. The van der Waals surface area contributed by atoms with E-state index in [-0.39, 0.29) is 13.2 Å². The molecule has 1 aromatic rings. The first-order chi connectivity index (χ1) is 18.2. The molecule has 0 N–H and O–H groups in total. The normalized spacial score (nSPS) is 15.3. The standard InChI is InChI=1S/C30H56NO6P/c1-6-7-8-9-10-14-19-28(29-21-16-13-17-22-29)20-15-11-12-18-24-35-26-30(34-5)27-37-38(32,33)36-25-23-31(2,3)4/h13,16-17,21-22,28,30H,6-12,14-15,18-20,23-27H2,1-5H3. The Hall–Kier alpha value is -0.790. The Labute approximate surface area is 233 Å². The molecule has 0 bridgehead atoms. The monoisotopic (exact) mass is 557 g/mol. The van der Waals surface area contributed by atoms with Gasteiger partial charge in [-0.2, -0.15) is 0 Å². The zero-order valence-corrected chi connectivity index (χ0v) is 25.8. The van der Waals surface area contributed by atoms with Crippen LogP contribution in [0.25, 0.3) is 0 Å². The summed E-state index contributed by atoms with van der Waals surface area (Å²) >= 11 is 0. The summed E-state index contributed by atoms with van der Waals surface area (Å²) in [6, 6.07) is 11.0. The van der Waals surface area contributed by atoms with Gasteiger partial charge in [-0.1, -0.05) is 95.0 Å². The Morgan fingerprint density at radius 2 is 1.42 bits per heavy atom. The molecule has 7 nitrogen and oxygen atoms in total. The van der Waals surface area contributed by atoms with Crippen molar-refractivity contribution in [2.24, 2.45) is 0 Å². The Morgan fingerprint density at radius 3 is 2.03 bits per heavy atom. The molecule has 0 aliphatic carbocycles. The molecule has 0 aliphatic rings. The molecular weight excluding hydrogens is 501 g/mol. The van der Waals surface area contributed by atoms with Crippen molar-refractivity contribution < 1.29 is 32.5 Å². The average Bonchev–Trinajstić information content (AvgIpc) is 2.87. The van der Waals surface area contributed by atoms with Gasteiger partial charge in [0, 0.05) is 13.7 Å². The Balaban J connectivity index is 2.19. The van der Waals surface area contributed by atoms with E-state index in [1.165, 1.54) is 76.9 Å². The lowest BCUT2D eigenvalue weighted by Gasteiger charge is -2.28. The molecule has 0 amide bonds. The molecule has 0 fully saturated rings. The number of benzene rings is 1. The third-order valence-electron chi connectivity index (χ3n) is 6.84. The Bertz CT molecular complexity index is 727. The fourth-order valence-corrected chi connectivity index (χ4v) is 5.09. The van der Waals surface area contributed by atoms with E-state index in [4.69, 9.17) is 18.5 Å². The zero-order valence-electron chi connectivity index (χ0n) is 24.9. The molecule has 38 heavy (non-hydrogen) atoms. The van der Waals surface area contributed by atoms with Crippen molar-refractivity contribution in [3.63, 3.8) is 0 Å². The first kappa shape index (κ1) is 35.2. The minimum atomic E-state index is -4.34. The van der Waals surface area contributed by atoms with Crippen molar-refractivity contribution in [1.29, 1.82) is 0 Å². The third kappa shape index (κ3) is 19.3. The molecule has 3 unspecified atom stereocenters. The second-order valence-electron chi connectivity index (χ2n) is 11.4. The second kappa shape index (κ2) is 21.0. The number of phosphoric acid groups is 1. The maximum Gasteiger partial charge on any atom is 0.268 e. The summed E-state index contributed by atoms with van der Waals surface area (Å²) in [6.45, 7) is 3.74. The molecule has 3 atom stereocenters. The van der Waals surface area contributed by atoms with Gasteiger partial charge in [-0.15, -0.1) is 0 Å². The number of methoxy groups -OCH3 is 1. The van der Waals surface area contributed by atoms with Gasteiger partial charge in [-0.05, 0) is 30.7 Å². The fraction of sp³-hybridized carbons (Fsp3) is 0.800. The van der Waals surface area contributed by atoms with Gasteiger partial charge in [0.1, 0.15) is 19.3 Å². The summed E-state index contributed by atoms with van der Waals surface area (Å²) in [6.07, 6.45) is 14.7. The van der Waals surface area contributed by atoms with E-state index in [0.717, 1.165) is 12.8 Å². The van der Waals surface area contributed by atoms with Gasteiger partial charge in [-0.3, -0.25) is 4.57 Å². The number of rotatable bonds is 25. The van der Waals surface area contributed by atoms with E-state index in [1.54, 1.807) is 0 Å². The lowest BCUT2D eigenvalue weighted by atomic mass is 9.88. The van der Waals surface area contributed by atoms with Crippen molar-refractivity contribution in [2.45, 2.75) is 96.0 Å². The molecule has 0 aliphatic heterocycles. The van der Waals surface area contributed by atoms with E-state index in [2.05, 4.69) is 37.3 Å². The van der Waals surface area contributed by atoms with Gasteiger partial charge < -0.3 is 27.9 Å². The number of quaternary nitrogens is 1. The van der Waals surface area contributed by atoms with Crippen molar-refractivity contribution in [3.05, 3.63) is 35.9 Å². The predicted molar refractivity (Wildman–Crippen MR) is 154 cm³/mol. The van der Waals surface area contributed by atoms with Crippen LogP contribution in [-0.4, -0.2) is 71.8 Å². The molecular formula is C30H56NO6P. The highest BCUT2D eigenvalue weighted by molar-refractivity contribution is 7.45. The van der Waals surface area contributed by atoms with Gasteiger partial charge >= 0.3 is 0 Å². The van der Waals surface area contributed by atoms with Crippen LogP contribution >= 0.6 is 7.82 Å². The van der Waals surface area contributed by atoms with Crippen molar-refractivity contribution in [1.82, 2.24) is 0 Å². The van der Waals surface area contributed by atoms with E-state index in [0.29, 0.717) is 30.2 Å². The van der Waals surface area contributed by atoms with E-state index >= 15 is 0 Å². The largest absolute Gasteiger partial charge is 0.756 e. The first-order valence-corrected chi connectivity index (χ1v) is 16.2. The molecule has 1 aromatic carbocycles. The summed E-state index contributed by atoms with van der Waals surface area (Å²) < 4.78 is 33.5. The van der Waals surface area contributed by atoms with Gasteiger partial charge in [0.25, 0.3) is 7.82 Å². The number of nitrogens with zero attached hydrogens (tertiary/aromatic N) is 1. The Kier molecular flexibility index (Phi) is 19.5. The van der Waals surface area contributed by atoms with Crippen LogP contribution in [0.5, 0.6) is 0 Å². The maximum atomic E-state index is 11.9. The van der Waals surface area contributed by atoms with Crippen LogP contribution in [0.4, 0.5) is 0 Å². The van der Waals surface area contributed by atoms with Crippen molar-refractivity contribution >= 4 is 7.82 Å². The topological polar surface area (TPSA) is 77.1 Å². The molecule has 1 rings (SSSR count). The number of unbranched alkanes of at least 4 members (excludes halogenated alkanes) is 8. The number of phosphoric ester groups is 1. The number of hydrogen-bond acceptors (Lipinski definition) is 6. The van der Waals surface area contributed by atoms with Crippen LogP contribution in [0.15, 0.2) is 30.3 Å². The molecule has 222 valence electrons. The van der Waals surface area contributed by atoms with E-state index in [9.17, 15) is 9.46 Å². The molecule has 0 heterocycles. The number of likely N-dealkylation sites (N-methyl/N-ethyl adjacent to an activating group) is 1. The summed E-state index contributed by atoms with van der Waals surface area (Å²) in [5.41, 5.74) is 1.48. The first-order valence-electron chi connectivity index (χ1n) is 14.7. The Morgan fingerprint density at radius 1 is 0.816 bits per heavy atom. The van der Waals surface area contributed by atoms with Gasteiger partial charge in [0.15, 0.2) is 0 Å². The maximum absolute atomic E-state index is 11.9. The van der Waals surface area contributed by atoms with Crippen molar-refractivity contribution in [3.8, 4) is 0 Å². The summed E-state index contributed by atoms with van der Waals surface area (Å²) in [5.74, 6) is 0.662. The molecule has 0 radical (unpaired) electrons. The summed E-state index contributed by atoms with van der Waals surface area (Å²) in [5, 5.41) is 0. The van der Waals surface area contributed by atoms with E-state index < -0.39 is 13.9 Å². The highest BCUT2D eigenvalue weighted by atomic mass is 31.2. The van der Waals surface area contributed by atoms with Crippen LogP contribution in [0.2, 0.25) is 0 Å². The zero-order chi connectivity index (χ0) is 28.1. The highest BCUT2D eigenvalue weighted by Gasteiger charge is 2.17. The predicted octanol–water partition coefficient (Wildman–Crippen LogP) is 6.71. The van der Waals surface area contributed by atoms with Crippen LogP contribution in [0.1, 0.15) is 95.5 Å². The lowest BCUT2D eigenvalue weighted by Crippen LogP contribution is -2.37. The molecule has 0 aromatic heterocycles. The van der Waals surface area contributed by atoms with Crippen LogP contribution < -0.4 is 4.89 Å². The smallest absolute Gasteiger partial charge is 0.268 e. The van der Waals surface area contributed by atoms with Gasteiger partial charge in [0.2, 0.25) is 0 Å². The minimum absolute atomic E-state index is 0.0869. The quantitative estimate of drug-likeness (QED) is 0.0755. The molecule has 0 saturated carbocycles. The van der Waals surface area contributed by atoms with Crippen LogP contribution in [0, 0.1) is 0 Å². The molecule has 0 spiro atoms. The highest BCUT2D eigenvalue weighted by Crippen LogP contribution is 2.38. The summed E-state index contributed by atoms with van der Waals surface area (Å²) in [7, 11) is 3.09. The van der Waals surface area contributed by atoms with E-state index in [1.807, 2.05) is 21.1 Å². The lowest BCUT2D eigenvalue weighted by molar-refractivity contribution is -0.870.